The minimum atomic E-state index is 0.0675. The van der Waals surface area contributed by atoms with Gasteiger partial charge in [0, 0.05) is 37.3 Å². The van der Waals surface area contributed by atoms with Gasteiger partial charge in [0.05, 0.1) is 11.6 Å². The van der Waals surface area contributed by atoms with Crippen molar-refractivity contribution in [3.63, 3.8) is 0 Å². The van der Waals surface area contributed by atoms with E-state index in [0.717, 1.165) is 22.8 Å². The average molecular weight is 289 g/mol. The third-order valence-corrected chi connectivity index (χ3v) is 4.00. The topological polar surface area (TPSA) is 45.2 Å². The highest BCUT2D eigenvalue weighted by Gasteiger charge is 2.07. The second kappa shape index (κ2) is 6.52. The molecule has 20 heavy (non-hydrogen) atoms. The lowest BCUT2D eigenvalue weighted by Crippen LogP contribution is -2.23. The Morgan fingerprint density at radius 2 is 2.15 bits per heavy atom. The predicted octanol–water partition coefficient (Wildman–Crippen LogP) is 3.04. The summed E-state index contributed by atoms with van der Waals surface area (Å²) in [6.45, 7) is 4.95. The van der Waals surface area contributed by atoms with Gasteiger partial charge in [0.15, 0.2) is 0 Å². The summed E-state index contributed by atoms with van der Waals surface area (Å²) < 4.78 is 0. The van der Waals surface area contributed by atoms with Gasteiger partial charge in [-0.05, 0) is 18.6 Å². The Labute approximate surface area is 123 Å². The van der Waals surface area contributed by atoms with E-state index in [1.165, 1.54) is 4.88 Å². The molecule has 1 N–H and O–H groups in total. The standard InChI is InChI=1S/C15H19N3OS/c1-11-16-8-14(20-11)9-17-15-7-5-4-6-13(15)10-18(3)12(2)19/h4-8,17H,9-10H2,1-3H3. The number of amides is 1. The van der Waals surface area contributed by atoms with Gasteiger partial charge in [0.1, 0.15) is 0 Å². The quantitative estimate of drug-likeness (QED) is 0.920. The Bertz CT molecular complexity index is 594. The maximum absolute atomic E-state index is 11.3. The van der Waals surface area contributed by atoms with Crippen molar-refractivity contribution in [1.82, 2.24) is 9.88 Å². The molecule has 0 bridgehead atoms. The number of hydrogen-bond acceptors (Lipinski definition) is 4. The second-order valence-electron chi connectivity index (χ2n) is 4.73. The minimum absolute atomic E-state index is 0.0675. The van der Waals surface area contributed by atoms with E-state index < -0.39 is 0 Å². The molecule has 0 radical (unpaired) electrons. The molecule has 0 saturated carbocycles. The molecule has 5 heteroatoms. The van der Waals surface area contributed by atoms with Crippen LogP contribution in [-0.4, -0.2) is 22.8 Å². The van der Waals surface area contributed by atoms with Crippen LogP contribution >= 0.6 is 11.3 Å². The maximum atomic E-state index is 11.3. The predicted molar refractivity (Wildman–Crippen MR) is 82.8 cm³/mol. The Morgan fingerprint density at radius 1 is 1.40 bits per heavy atom. The Morgan fingerprint density at radius 3 is 2.80 bits per heavy atom. The van der Waals surface area contributed by atoms with Gasteiger partial charge in [-0.1, -0.05) is 18.2 Å². The number of aryl methyl sites for hydroxylation is 1. The highest BCUT2D eigenvalue weighted by atomic mass is 32.1. The Balaban J connectivity index is 2.05. The lowest BCUT2D eigenvalue weighted by Gasteiger charge is -2.18. The fourth-order valence-corrected chi connectivity index (χ4v) is 2.60. The third-order valence-electron chi connectivity index (χ3n) is 3.08. The van der Waals surface area contributed by atoms with Crippen molar-refractivity contribution in [2.45, 2.75) is 26.9 Å². The van der Waals surface area contributed by atoms with E-state index in [1.54, 1.807) is 23.2 Å². The van der Waals surface area contributed by atoms with Gasteiger partial charge < -0.3 is 10.2 Å². The molecule has 0 saturated heterocycles. The van der Waals surface area contributed by atoms with E-state index in [0.29, 0.717) is 6.54 Å². The fraction of sp³-hybridized carbons (Fsp3) is 0.333. The first-order valence-corrected chi connectivity index (χ1v) is 7.32. The molecule has 1 aromatic carbocycles. The molecule has 0 aliphatic rings. The first-order valence-electron chi connectivity index (χ1n) is 6.51. The first kappa shape index (κ1) is 14.5. The molecule has 0 aliphatic heterocycles. The molecular formula is C15H19N3OS. The van der Waals surface area contributed by atoms with Gasteiger partial charge >= 0.3 is 0 Å². The van der Waals surface area contributed by atoms with E-state index >= 15 is 0 Å². The maximum Gasteiger partial charge on any atom is 0.219 e. The molecule has 0 aliphatic carbocycles. The number of anilines is 1. The molecule has 1 aromatic heterocycles. The van der Waals surface area contributed by atoms with Gasteiger partial charge in [-0.2, -0.15) is 0 Å². The normalized spacial score (nSPS) is 10.3. The van der Waals surface area contributed by atoms with Crippen molar-refractivity contribution >= 4 is 22.9 Å². The van der Waals surface area contributed by atoms with Crippen LogP contribution < -0.4 is 5.32 Å². The number of carbonyl (C=O) groups excluding carboxylic acids is 1. The number of aromatic nitrogens is 1. The monoisotopic (exact) mass is 289 g/mol. The fourth-order valence-electron chi connectivity index (χ4n) is 1.87. The number of benzene rings is 1. The first-order chi connectivity index (χ1) is 9.56. The van der Waals surface area contributed by atoms with Crippen LogP contribution in [0.25, 0.3) is 0 Å². The zero-order valence-electron chi connectivity index (χ0n) is 12.0. The van der Waals surface area contributed by atoms with Gasteiger partial charge in [-0.15, -0.1) is 11.3 Å². The minimum Gasteiger partial charge on any atom is -0.380 e. The summed E-state index contributed by atoms with van der Waals surface area (Å²) in [6.07, 6.45) is 1.90. The second-order valence-corrected chi connectivity index (χ2v) is 6.05. The molecule has 0 unspecified atom stereocenters. The zero-order valence-corrected chi connectivity index (χ0v) is 12.8. The summed E-state index contributed by atoms with van der Waals surface area (Å²) in [5.74, 6) is 0.0675. The van der Waals surface area contributed by atoms with E-state index in [9.17, 15) is 4.79 Å². The SMILES string of the molecule is CC(=O)N(C)Cc1ccccc1NCc1cnc(C)s1. The van der Waals surface area contributed by atoms with Crippen LogP contribution in [0, 0.1) is 6.92 Å². The van der Waals surface area contributed by atoms with Crippen LogP contribution in [0.2, 0.25) is 0 Å². The van der Waals surface area contributed by atoms with E-state index in [4.69, 9.17) is 0 Å². The molecule has 0 atom stereocenters. The van der Waals surface area contributed by atoms with E-state index in [-0.39, 0.29) is 5.91 Å². The van der Waals surface area contributed by atoms with Crippen molar-refractivity contribution in [1.29, 1.82) is 0 Å². The summed E-state index contributed by atoms with van der Waals surface area (Å²) in [5.41, 5.74) is 2.18. The molecule has 0 fully saturated rings. The van der Waals surface area contributed by atoms with Crippen molar-refractivity contribution in [2.24, 2.45) is 0 Å². The summed E-state index contributed by atoms with van der Waals surface area (Å²) in [5, 5.41) is 4.49. The lowest BCUT2D eigenvalue weighted by atomic mass is 10.1. The molecule has 1 heterocycles. The smallest absolute Gasteiger partial charge is 0.219 e. The molecule has 0 spiro atoms. The summed E-state index contributed by atoms with van der Waals surface area (Å²) in [7, 11) is 1.81. The van der Waals surface area contributed by atoms with Gasteiger partial charge in [-0.3, -0.25) is 4.79 Å². The number of thiazole rings is 1. The molecule has 2 aromatic rings. The van der Waals surface area contributed by atoms with Crippen LogP contribution in [0.3, 0.4) is 0 Å². The van der Waals surface area contributed by atoms with Crippen molar-refractivity contribution < 1.29 is 4.79 Å². The van der Waals surface area contributed by atoms with Crippen LogP contribution in [0.1, 0.15) is 22.4 Å². The number of carbonyl (C=O) groups is 1. The molecular weight excluding hydrogens is 270 g/mol. The number of hydrogen-bond donors (Lipinski definition) is 1. The van der Waals surface area contributed by atoms with Crippen LogP contribution in [-0.2, 0) is 17.9 Å². The van der Waals surface area contributed by atoms with Crippen LogP contribution in [0.5, 0.6) is 0 Å². The van der Waals surface area contributed by atoms with Gasteiger partial charge in [0.2, 0.25) is 5.91 Å². The summed E-state index contributed by atoms with van der Waals surface area (Å²) in [6, 6.07) is 8.07. The number of nitrogens with one attached hydrogen (secondary N) is 1. The summed E-state index contributed by atoms with van der Waals surface area (Å²) in [4.78, 5) is 18.5. The van der Waals surface area contributed by atoms with Crippen molar-refractivity contribution in [2.75, 3.05) is 12.4 Å². The van der Waals surface area contributed by atoms with Crippen molar-refractivity contribution in [3.05, 3.63) is 45.9 Å². The highest BCUT2D eigenvalue weighted by Crippen LogP contribution is 2.19. The molecule has 106 valence electrons. The van der Waals surface area contributed by atoms with Gasteiger partial charge in [-0.25, -0.2) is 4.98 Å². The largest absolute Gasteiger partial charge is 0.380 e. The van der Waals surface area contributed by atoms with Gasteiger partial charge in [0.25, 0.3) is 0 Å². The number of rotatable bonds is 5. The Kier molecular flexibility index (Phi) is 4.74. The van der Waals surface area contributed by atoms with E-state index in [1.807, 2.05) is 44.4 Å². The van der Waals surface area contributed by atoms with Crippen molar-refractivity contribution in [3.8, 4) is 0 Å². The van der Waals surface area contributed by atoms with Crippen LogP contribution in [0.4, 0.5) is 5.69 Å². The summed E-state index contributed by atoms with van der Waals surface area (Å²) >= 11 is 1.69. The third kappa shape index (κ3) is 3.81. The molecule has 4 nitrogen and oxygen atoms in total. The highest BCUT2D eigenvalue weighted by molar-refractivity contribution is 7.11. The average Bonchev–Trinajstić information content (AvgIpc) is 2.83. The van der Waals surface area contributed by atoms with Crippen LogP contribution in [0.15, 0.2) is 30.5 Å². The number of para-hydroxylation sites is 1. The zero-order chi connectivity index (χ0) is 14.5. The molecule has 2 rings (SSSR count). The molecule has 1 amide bonds. The Hall–Kier alpha value is -1.88. The lowest BCUT2D eigenvalue weighted by molar-refractivity contribution is -0.128. The van der Waals surface area contributed by atoms with E-state index in [2.05, 4.69) is 10.3 Å². The number of nitrogens with zero attached hydrogens (tertiary/aromatic N) is 2.